The number of hydrogen-bond donors (Lipinski definition) is 0. The molecule has 3 rings (SSSR count). The highest BCUT2D eigenvalue weighted by Gasteiger charge is 2.40. The maximum Gasteiger partial charge on any atom is 0.254 e. The minimum atomic E-state index is -0.377. The van der Waals surface area contributed by atoms with Crippen molar-refractivity contribution in [2.75, 3.05) is 6.54 Å². The summed E-state index contributed by atoms with van der Waals surface area (Å²) in [5.41, 5.74) is 1.33. The van der Waals surface area contributed by atoms with Crippen molar-refractivity contribution >= 4 is 16.8 Å². The lowest BCUT2D eigenvalue weighted by atomic mass is 9.77. The molecule has 4 heteroatoms. The van der Waals surface area contributed by atoms with Gasteiger partial charge in [0.2, 0.25) is 0 Å². The maximum atomic E-state index is 12.9. The van der Waals surface area contributed by atoms with Gasteiger partial charge >= 0.3 is 0 Å². The van der Waals surface area contributed by atoms with Gasteiger partial charge in [0.1, 0.15) is 6.04 Å². The molecular formula is C18H19N3O. The van der Waals surface area contributed by atoms with E-state index in [4.69, 9.17) is 0 Å². The Labute approximate surface area is 130 Å². The van der Waals surface area contributed by atoms with E-state index in [1.54, 1.807) is 17.2 Å². The number of aromatic nitrogens is 1. The van der Waals surface area contributed by atoms with Crippen LogP contribution in [0.1, 0.15) is 37.0 Å². The molecule has 0 N–H and O–H groups in total. The van der Waals surface area contributed by atoms with E-state index >= 15 is 0 Å². The second-order valence-corrected chi connectivity index (χ2v) is 6.53. The van der Waals surface area contributed by atoms with Crippen LogP contribution < -0.4 is 0 Å². The first-order valence-electron chi connectivity index (χ1n) is 7.58. The highest BCUT2D eigenvalue weighted by molar-refractivity contribution is 5.98. The molecule has 2 heterocycles. The SMILES string of the molecule is CC1(C)CCCN(C(=O)c2ccc3ncccc3c2)C1C#N. The lowest BCUT2D eigenvalue weighted by Gasteiger charge is -2.42. The van der Waals surface area contributed by atoms with Gasteiger partial charge in [-0.25, -0.2) is 0 Å². The first kappa shape index (κ1) is 14.5. The van der Waals surface area contributed by atoms with Gasteiger partial charge in [-0.05, 0) is 42.5 Å². The molecule has 1 aromatic carbocycles. The molecule has 22 heavy (non-hydrogen) atoms. The molecule has 112 valence electrons. The number of fused-ring (bicyclic) bond motifs is 1. The average molecular weight is 293 g/mol. The van der Waals surface area contributed by atoms with E-state index in [0.717, 1.165) is 23.7 Å². The molecule has 1 aliphatic rings. The summed E-state index contributed by atoms with van der Waals surface area (Å²) in [6, 6.07) is 11.3. The highest BCUT2D eigenvalue weighted by atomic mass is 16.2. The Bertz CT molecular complexity index is 760. The Morgan fingerprint density at radius 2 is 2.23 bits per heavy atom. The smallest absolute Gasteiger partial charge is 0.254 e. The van der Waals surface area contributed by atoms with Gasteiger partial charge in [0.25, 0.3) is 5.91 Å². The van der Waals surface area contributed by atoms with Crippen LogP contribution in [0.25, 0.3) is 10.9 Å². The van der Waals surface area contributed by atoms with E-state index in [-0.39, 0.29) is 17.4 Å². The summed E-state index contributed by atoms with van der Waals surface area (Å²) in [5, 5.41) is 10.5. The number of amides is 1. The predicted molar refractivity (Wildman–Crippen MR) is 85.2 cm³/mol. The average Bonchev–Trinajstić information content (AvgIpc) is 2.52. The number of nitriles is 1. The lowest BCUT2D eigenvalue weighted by molar-refractivity contribution is 0.0438. The molecule has 4 nitrogen and oxygen atoms in total. The fourth-order valence-corrected chi connectivity index (χ4v) is 3.23. The molecule has 1 atom stereocenters. The second-order valence-electron chi connectivity index (χ2n) is 6.53. The molecule has 0 spiro atoms. The molecule has 1 saturated heterocycles. The van der Waals surface area contributed by atoms with E-state index < -0.39 is 0 Å². The van der Waals surface area contributed by atoms with Crippen LogP contribution in [0, 0.1) is 16.7 Å². The zero-order valence-corrected chi connectivity index (χ0v) is 12.9. The standard InChI is InChI=1S/C18H19N3O/c1-18(2)8-4-10-21(16(18)12-19)17(22)14-6-7-15-13(11-14)5-3-9-20-15/h3,5-7,9,11,16H,4,8,10H2,1-2H3. The van der Waals surface area contributed by atoms with E-state index in [1.807, 2.05) is 24.3 Å². The first-order chi connectivity index (χ1) is 10.5. The van der Waals surface area contributed by atoms with Crippen molar-refractivity contribution < 1.29 is 4.79 Å². The van der Waals surface area contributed by atoms with Crippen LogP contribution >= 0.6 is 0 Å². The van der Waals surface area contributed by atoms with Crippen molar-refractivity contribution in [1.29, 1.82) is 5.26 Å². The van der Waals surface area contributed by atoms with Crippen molar-refractivity contribution in [1.82, 2.24) is 9.88 Å². The van der Waals surface area contributed by atoms with Gasteiger partial charge in [0, 0.05) is 23.7 Å². The second kappa shape index (κ2) is 5.42. The number of likely N-dealkylation sites (tertiary alicyclic amines) is 1. The maximum absolute atomic E-state index is 12.9. The number of hydrogen-bond acceptors (Lipinski definition) is 3. The molecule has 1 aliphatic heterocycles. The third-order valence-electron chi connectivity index (χ3n) is 4.51. The minimum Gasteiger partial charge on any atom is -0.322 e. The number of nitrogens with zero attached hydrogens (tertiary/aromatic N) is 3. The number of piperidine rings is 1. The Morgan fingerprint density at radius 1 is 1.41 bits per heavy atom. The van der Waals surface area contributed by atoms with Crippen LogP contribution in [-0.4, -0.2) is 28.4 Å². The van der Waals surface area contributed by atoms with Gasteiger partial charge in [0.15, 0.2) is 0 Å². The van der Waals surface area contributed by atoms with E-state index in [0.29, 0.717) is 12.1 Å². The Hall–Kier alpha value is -2.41. The van der Waals surface area contributed by atoms with E-state index in [9.17, 15) is 10.1 Å². The normalized spacial score (nSPS) is 20.6. The molecule has 0 aliphatic carbocycles. The minimum absolute atomic E-state index is 0.0647. The zero-order chi connectivity index (χ0) is 15.7. The molecule has 0 radical (unpaired) electrons. The summed E-state index contributed by atoms with van der Waals surface area (Å²) in [6.07, 6.45) is 3.64. The van der Waals surface area contributed by atoms with Crippen molar-refractivity contribution in [3.05, 3.63) is 42.1 Å². The molecular weight excluding hydrogens is 274 g/mol. The van der Waals surface area contributed by atoms with Crippen LogP contribution in [0.2, 0.25) is 0 Å². The summed E-state index contributed by atoms with van der Waals surface area (Å²) in [5.74, 6) is -0.0647. The van der Waals surface area contributed by atoms with Crippen LogP contribution in [0.3, 0.4) is 0 Å². The highest BCUT2D eigenvalue weighted by Crippen LogP contribution is 2.35. The monoisotopic (exact) mass is 293 g/mol. The molecule has 0 saturated carbocycles. The van der Waals surface area contributed by atoms with Gasteiger partial charge in [0.05, 0.1) is 11.6 Å². The lowest BCUT2D eigenvalue weighted by Crippen LogP contribution is -2.51. The Morgan fingerprint density at radius 3 is 3.00 bits per heavy atom. The fourth-order valence-electron chi connectivity index (χ4n) is 3.23. The fraction of sp³-hybridized carbons (Fsp3) is 0.389. The third-order valence-corrected chi connectivity index (χ3v) is 4.51. The zero-order valence-electron chi connectivity index (χ0n) is 12.9. The topological polar surface area (TPSA) is 57.0 Å². The quantitative estimate of drug-likeness (QED) is 0.809. The molecule has 1 fully saturated rings. The van der Waals surface area contributed by atoms with Crippen LogP contribution in [0.5, 0.6) is 0 Å². The van der Waals surface area contributed by atoms with Crippen molar-refractivity contribution in [3.63, 3.8) is 0 Å². The molecule has 2 aromatic rings. The van der Waals surface area contributed by atoms with Gasteiger partial charge in [-0.1, -0.05) is 19.9 Å². The number of carbonyl (C=O) groups excluding carboxylic acids is 1. The number of rotatable bonds is 1. The molecule has 1 unspecified atom stereocenters. The summed E-state index contributed by atoms with van der Waals surface area (Å²) >= 11 is 0. The van der Waals surface area contributed by atoms with Crippen LogP contribution in [0.15, 0.2) is 36.5 Å². The van der Waals surface area contributed by atoms with E-state index in [2.05, 4.69) is 24.9 Å². The third kappa shape index (κ3) is 2.43. The number of pyridine rings is 1. The molecule has 0 bridgehead atoms. The molecule has 1 aromatic heterocycles. The summed E-state index contributed by atoms with van der Waals surface area (Å²) in [7, 11) is 0. The predicted octanol–water partition coefficient (Wildman–Crippen LogP) is 3.39. The summed E-state index contributed by atoms with van der Waals surface area (Å²) in [4.78, 5) is 18.8. The van der Waals surface area contributed by atoms with E-state index in [1.165, 1.54) is 0 Å². The Balaban J connectivity index is 1.96. The first-order valence-corrected chi connectivity index (χ1v) is 7.58. The van der Waals surface area contributed by atoms with Gasteiger partial charge in [-0.15, -0.1) is 0 Å². The summed E-state index contributed by atoms with van der Waals surface area (Å²) < 4.78 is 0. The summed E-state index contributed by atoms with van der Waals surface area (Å²) in [6.45, 7) is 4.76. The van der Waals surface area contributed by atoms with Gasteiger partial charge < -0.3 is 4.90 Å². The van der Waals surface area contributed by atoms with Crippen molar-refractivity contribution in [2.45, 2.75) is 32.7 Å². The van der Waals surface area contributed by atoms with Crippen molar-refractivity contribution in [3.8, 4) is 6.07 Å². The van der Waals surface area contributed by atoms with Gasteiger partial charge in [-0.2, -0.15) is 5.26 Å². The number of benzene rings is 1. The van der Waals surface area contributed by atoms with Gasteiger partial charge in [-0.3, -0.25) is 9.78 Å². The number of carbonyl (C=O) groups is 1. The largest absolute Gasteiger partial charge is 0.322 e. The van der Waals surface area contributed by atoms with Crippen molar-refractivity contribution in [2.24, 2.45) is 5.41 Å². The molecule has 1 amide bonds. The van der Waals surface area contributed by atoms with Crippen LogP contribution in [0.4, 0.5) is 0 Å². The van der Waals surface area contributed by atoms with Crippen LogP contribution in [-0.2, 0) is 0 Å². The Kier molecular flexibility index (Phi) is 3.58.